The van der Waals surface area contributed by atoms with Crippen molar-refractivity contribution in [2.45, 2.75) is 0 Å². The van der Waals surface area contributed by atoms with Crippen molar-refractivity contribution >= 4 is 34.6 Å². The highest BCUT2D eigenvalue weighted by atomic mass is 16.1. The van der Waals surface area contributed by atoms with E-state index in [0.717, 1.165) is 27.8 Å². The molecule has 2 aromatic carbocycles. The molecule has 0 aliphatic heterocycles. The summed E-state index contributed by atoms with van der Waals surface area (Å²) in [4.78, 5) is 16.4. The minimum atomic E-state index is -0.191. The molecule has 0 unspecified atom stereocenters. The van der Waals surface area contributed by atoms with Crippen molar-refractivity contribution in [3.63, 3.8) is 0 Å². The molecule has 5 heteroatoms. The zero-order valence-electron chi connectivity index (χ0n) is 13.9. The van der Waals surface area contributed by atoms with Crippen molar-refractivity contribution in [2.75, 3.05) is 5.32 Å². The first-order valence-corrected chi connectivity index (χ1v) is 8.23. The summed E-state index contributed by atoms with van der Waals surface area (Å²) < 4.78 is 0. The lowest BCUT2D eigenvalue weighted by Gasteiger charge is -2.08. The first-order chi connectivity index (χ1) is 12.8. The van der Waals surface area contributed by atoms with E-state index in [1.165, 1.54) is 0 Å². The molecule has 0 radical (unpaired) electrons. The van der Waals surface area contributed by atoms with Crippen LogP contribution >= 0.6 is 0 Å². The van der Waals surface area contributed by atoms with Gasteiger partial charge < -0.3 is 5.32 Å². The van der Waals surface area contributed by atoms with Crippen LogP contribution in [0.3, 0.4) is 0 Å². The van der Waals surface area contributed by atoms with Crippen LogP contribution in [0.1, 0.15) is 21.6 Å². The van der Waals surface area contributed by atoms with Crippen molar-refractivity contribution in [1.29, 1.82) is 0 Å². The molecule has 0 bridgehead atoms. The predicted octanol–water partition coefficient (Wildman–Crippen LogP) is 4.38. The molecule has 1 amide bonds. The second-order valence-electron chi connectivity index (χ2n) is 5.77. The van der Waals surface area contributed by atoms with E-state index in [1.54, 1.807) is 24.5 Å². The van der Waals surface area contributed by atoms with Gasteiger partial charge in [0.05, 0.1) is 16.8 Å². The van der Waals surface area contributed by atoms with Gasteiger partial charge in [0.15, 0.2) is 0 Å². The summed E-state index contributed by atoms with van der Waals surface area (Å²) in [7, 11) is 0. The number of aromatic amines is 1. The van der Waals surface area contributed by atoms with Crippen LogP contribution in [0.4, 0.5) is 5.69 Å². The van der Waals surface area contributed by atoms with E-state index in [-0.39, 0.29) is 5.91 Å². The summed E-state index contributed by atoms with van der Waals surface area (Å²) in [6.07, 6.45) is 7.07. The van der Waals surface area contributed by atoms with Crippen molar-refractivity contribution in [2.24, 2.45) is 0 Å². The Kier molecular flexibility index (Phi) is 4.26. The highest BCUT2D eigenvalue weighted by molar-refractivity contribution is 6.05. The Balaban J connectivity index is 1.61. The Morgan fingerprint density at radius 1 is 0.962 bits per heavy atom. The van der Waals surface area contributed by atoms with Gasteiger partial charge in [0.25, 0.3) is 5.91 Å². The van der Waals surface area contributed by atoms with E-state index >= 15 is 0 Å². The van der Waals surface area contributed by atoms with E-state index < -0.39 is 0 Å². The molecule has 0 saturated carbocycles. The number of carbonyl (C=O) groups is 1. The molecule has 5 nitrogen and oxygen atoms in total. The fraction of sp³-hybridized carbons (Fsp3) is 0. The third-order valence-electron chi connectivity index (χ3n) is 4.05. The van der Waals surface area contributed by atoms with Crippen LogP contribution in [-0.2, 0) is 0 Å². The Morgan fingerprint density at radius 3 is 2.69 bits per heavy atom. The first-order valence-electron chi connectivity index (χ1n) is 8.23. The summed E-state index contributed by atoms with van der Waals surface area (Å²) in [5.41, 5.74) is 4.00. The average molecular weight is 340 g/mol. The topological polar surface area (TPSA) is 70.7 Å². The summed E-state index contributed by atoms with van der Waals surface area (Å²) in [5, 5.41) is 11.3. The number of anilines is 1. The van der Waals surface area contributed by atoms with Gasteiger partial charge in [-0.2, -0.15) is 5.10 Å². The number of H-pyrrole nitrogens is 1. The lowest BCUT2D eigenvalue weighted by Crippen LogP contribution is -2.12. The van der Waals surface area contributed by atoms with Gasteiger partial charge in [-0.15, -0.1) is 0 Å². The molecule has 0 atom stereocenters. The summed E-state index contributed by atoms with van der Waals surface area (Å²) in [5.74, 6) is -0.191. The van der Waals surface area contributed by atoms with Gasteiger partial charge in [-0.25, -0.2) is 0 Å². The van der Waals surface area contributed by atoms with E-state index in [0.29, 0.717) is 5.56 Å². The smallest absolute Gasteiger partial charge is 0.257 e. The fourth-order valence-corrected chi connectivity index (χ4v) is 2.73. The number of nitrogens with zero attached hydrogens (tertiary/aromatic N) is 2. The fourth-order valence-electron chi connectivity index (χ4n) is 2.73. The maximum Gasteiger partial charge on any atom is 0.257 e. The molecule has 26 heavy (non-hydrogen) atoms. The molecule has 0 fully saturated rings. The van der Waals surface area contributed by atoms with Crippen molar-refractivity contribution in [3.8, 4) is 0 Å². The van der Waals surface area contributed by atoms with Gasteiger partial charge in [-0.05, 0) is 35.9 Å². The number of aromatic nitrogens is 3. The second-order valence-corrected chi connectivity index (χ2v) is 5.77. The maximum atomic E-state index is 12.4. The first kappa shape index (κ1) is 15.8. The normalized spacial score (nSPS) is 11.1. The van der Waals surface area contributed by atoms with Gasteiger partial charge in [0.1, 0.15) is 0 Å². The van der Waals surface area contributed by atoms with E-state index in [2.05, 4.69) is 20.5 Å². The Morgan fingerprint density at radius 2 is 1.81 bits per heavy atom. The Hall–Kier alpha value is -3.73. The Labute approximate surface area is 150 Å². The van der Waals surface area contributed by atoms with E-state index in [9.17, 15) is 4.79 Å². The second kappa shape index (κ2) is 7.03. The van der Waals surface area contributed by atoms with Gasteiger partial charge in [0, 0.05) is 23.5 Å². The summed E-state index contributed by atoms with van der Waals surface area (Å²) in [6.45, 7) is 0. The van der Waals surface area contributed by atoms with Crippen LogP contribution in [0.25, 0.3) is 23.1 Å². The highest BCUT2D eigenvalue weighted by Crippen LogP contribution is 2.21. The average Bonchev–Trinajstić information content (AvgIpc) is 3.11. The largest absolute Gasteiger partial charge is 0.321 e. The van der Waals surface area contributed by atoms with Gasteiger partial charge in [-0.1, -0.05) is 42.5 Å². The molecule has 4 rings (SSSR count). The number of fused-ring (bicyclic) bond motifs is 1. The zero-order chi connectivity index (χ0) is 17.8. The third-order valence-corrected chi connectivity index (χ3v) is 4.05. The molecular weight excluding hydrogens is 324 g/mol. The van der Waals surface area contributed by atoms with Crippen molar-refractivity contribution in [3.05, 3.63) is 89.9 Å². The molecule has 2 N–H and O–H groups in total. The lowest BCUT2D eigenvalue weighted by molar-refractivity contribution is 0.102. The molecule has 0 aliphatic carbocycles. The molecular formula is C21H16N4O. The maximum absolute atomic E-state index is 12.4. The number of amides is 1. The minimum absolute atomic E-state index is 0.191. The monoisotopic (exact) mass is 340 g/mol. The third kappa shape index (κ3) is 3.23. The molecule has 0 saturated heterocycles. The SMILES string of the molecule is O=C(Nc1ccccc1C=Cc1n[nH]c2ccccc12)c1cccnc1. The van der Waals surface area contributed by atoms with Gasteiger partial charge in [-0.3, -0.25) is 14.9 Å². The number of pyridine rings is 1. The Bertz CT molecular complexity index is 1080. The number of para-hydroxylation sites is 2. The molecule has 2 aromatic heterocycles. The quantitative estimate of drug-likeness (QED) is 0.579. The van der Waals surface area contributed by atoms with Crippen molar-refractivity contribution < 1.29 is 4.79 Å². The lowest BCUT2D eigenvalue weighted by atomic mass is 10.1. The van der Waals surface area contributed by atoms with E-state index in [1.807, 2.05) is 60.7 Å². The molecule has 4 aromatic rings. The van der Waals surface area contributed by atoms with Crippen LogP contribution in [0.5, 0.6) is 0 Å². The van der Waals surface area contributed by atoms with Crippen LogP contribution in [-0.4, -0.2) is 21.1 Å². The number of rotatable bonds is 4. The zero-order valence-corrected chi connectivity index (χ0v) is 13.9. The molecule has 126 valence electrons. The minimum Gasteiger partial charge on any atom is -0.321 e. The molecule has 2 heterocycles. The number of hydrogen-bond donors (Lipinski definition) is 2. The number of nitrogens with one attached hydrogen (secondary N) is 2. The highest BCUT2D eigenvalue weighted by Gasteiger charge is 2.08. The standard InChI is InChI=1S/C21H16N4O/c26-21(16-7-5-13-22-14-16)23-18-9-3-1-6-15(18)11-12-20-17-8-2-4-10-19(17)24-25-20/h1-14H,(H,23,26)(H,24,25). The van der Waals surface area contributed by atoms with E-state index in [4.69, 9.17) is 0 Å². The van der Waals surface area contributed by atoms with Gasteiger partial charge >= 0.3 is 0 Å². The number of carbonyl (C=O) groups excluding carboxylic acids is 1. The number of hydrogen-bond acceptors (Lipinski definition) is 3. The van der Waals surface area contributed by atoms with Gasteiger partial charge in [0.2, 0.25) is 0 Å². The van der Waals surface area contributed by atoms with Crippen molar-refractivity contribution in [1.82, 2.24) is 15.2 Å². The van der Waals surface area contributed by atoms with Crippen LogP contribution in [0.15, 0.2) is 73.1 Å². The summed E-state index contributed by atoms with van der Waals surface area (Å²) in [6, 6.07) is 19.1. The van der Waals surface area contributed by atoms with Crippen LogP contribution in [0.2, 0.25) is 0 Å². The van der Waals surface area contributed by atoms with Crippen LogP contribution < -0.4 is 5.32 Å². The van der Waals surface area contributed by atoms with Crippen LogP contribution in [0, 0.1) is 0 Å². The molecule has 0 aliphatic rings. The number of benzene rings is 2. The molecule has 0 spiro atoms. The predicted molar refractivity (Wildman–Crippen MR) is 104 cm³/mol. The summed E-state index contributed by atoms with van der Waals surface area (Å²) >= 11 is 0.